The molecule has 11 heteroatoms. The van der Waals surface area contributed by atoms with E-state index in [9.17, 15) is 40.5 Å². The Morgan fingerprint density at radius 1 is 0.906 bits per heavy atom. The molecule has 3 aromatic rings. The molecule has 0 radical (unpaired) electrons. The maximum Gasteiger partial charge on any atom is 0.238 e. The molecule has 1 fully saturated rings. The number of phenols is 3. The van der Waals surface area contributed by atoms with E-state index in [1.165, 1.54) is 31.2 Å². The van der Waals surface area contributed by atoms with Crippen LogP contribution in [0.15, 0.2) is 44.4 Å². The molecule has 7 N–H and O–H groups in total. The quantitative estimate of drug-likeness (QED) is 0.277. The standard InChI is InChI=1S/C21H20O10S/c1-7-13(24)16(27)18(29)21(30-7)32-11-6-10(23)12-15(26)17(28)19(31-20(12)14(11)25)8-2-4-9(22)5-3-8/h2-7,13,16,18,21-25,27-29H,1H3/t7?,13-,16?,18?,21-/m0/s1. The molecular formula is C21H20O10S. The molecule has 170 valence electrons. The summed E-state index contributed by atoms with van der Waals surface area (Å²) >= 11 is 0.741. The molecule has 3 unspecified atom stereocenters. The number of ether oxygens (including phenoxy) is 1. The topological polar surface area (TPSA) is 181 Å². The van der Waals surface area contributed by atoms with Crippen LogP contribution in [0, 0.1) is 0 Å². The first-order valence-corrected chi connectivity index (χ1v) is 10.4. The lowest BCUT2D eigenvalue weighted by atomic mass is 10.0. The minimum atomic E-state index is -1.51. The highest BCUT2D eigenvalue weighted by Crippen LogP contribution is 2.45. The number of phenolic OH excluding ortho intramolecular Hbond substituents is 3. The Kier molecular flexibility index (Phi) is 5.69. The van der Waals surface area contributed by atoms with E-state index in [-0.39, 0.29) is 22.0 Å². The second kappa shape index (κ2) is 8.19. The van der Waals surface area contributed by atoms with Crippen molar-refractivity contribution in [3.63, 3.8) is 0 Å². The summed E-state index contributed by atoms with van der Waals surface area (Å²) in [5.74, 6) is -2.30. The van der Waals surface area contributed by atoms with Gasteiger partial charge in [-0.1, -0.05) is 11.8 Å². The van der Waals surface area contributed by atoms with Crippen molar-refractivity contribution >= 4 is 22.7 Å². The molecule has 1 aliphatic rings. The van der Waals surface area contributed by atoms with Gasteiger partial charge in [-0.2, -0.15) is 0 Å². The third kappa shape index (κ3) is 3.63. The monoisotopic (exact) mass is 464 g/mol. The van der Waals surface area contributed by atoms with E-state index >= 15 is 0 Å². The summed E-state index contributed by atoms with van der Waals surface area (Å²) in [5, 5.41) is 70.5. The van der Waals surface area contributed by atoms with Gasteiger partial charge in [-0.3, -0.25) is 4.79 Å². The van der Waals surface area contributed by atoms with E-state index in [4.69, 9.17) is 9.15 Å². The zero-order chi connectivity index (χ0) is 23.3. The molecule has 1 aliphatic heterocycles. The van der Waals surface area contributed by atoms with Gasteiger partial charge in [0, 0.05) is 5.56 Å². The van der Waals surface area contributed by atoms with Crippen LogP contribution >= 0.6 is 11.8 Å². The Labute approximate surface area is 184 Å². The van der Waals surface area contributed by atoms with Crippen LogP contribution in [-0.2, 0) is 4.74 Å². The van der Waals surface area contributed by atoms with Crippen LogP contribution in [0.5, 0.6) is 23.0 Å². The molecule has 2 heterocycles. The number of aliphatic hydroxyl groups is 3. The van der Waals surface area contributed by atoms with Crippen LogP contribution in [0.1, 0.15) is 6.92 Å². The summed E-state index contributed by atoms with van der Waals surface area (Å²) in [6, 6.07) is 6.43. The summed E-state index contributed by atoms with van der Waals surface area (Å²) in [7, 11) is 0. The minimum absolute atomic E-state index is 0.0414. The predicted octanol–water partition coefficient (Wildman–Crippen LogP) is 1.20. The van der Waals surface area contributed by atoms with Crippen LogP contribution in [-0.4, -0.2) is 65.6 Å². The Morgan fingerprint density at radius 3 is 2.22 bits per heavy atom. The van der Waals surface area contributed by atoms with Gasteiger partial charge in [0.05, 0.1) is 11.0 Å². The number of hydrogen-bond donors (Lipinski definition) is 7. The van der Waals surface area contributed by atoms with Gasteiger partial charge in [0.25, 0.3) is 0 Å². The van der Waals surface area contributed by atoms with Crippen molar-refractivity contribution in [3.8, 4) is 34.3 Å². The smallest absolute Gasteiger partial charge is 0.238 e. The van der Waals surface area contributed by atoms with Gasteiger partial charge >= 0.3 is 0 Å². The highest BCUT2D eigenvalue weighted by atomic mass is 32.2. The van der Waals surface area contributed by atoms with Crippen LogP contribution < -0.4 is 5.43 Å². The highest BCUT2D eigenvalue weighted by molar-refractivity contribution is 8.00. The second-order valence-corrected chi connectivity index (χ2v) is 8.54. The number of rotatable bonds is 3. The zero-order valence-electron chi connectivity index (χ0n) is 16.5. The lowest BCUT2D eigenvalue weighted by Crippen LogP contribution is -2.55. The van der Waals surface area contributed by atoms with Crippen molar-refractivity contribution in [3.05, 3.63) is 40.6 Å². The SMILES string of the molecule is CC1O[C@@H](Sc2cc(O)c3c(=O)c(O)c(-c4ccc(O)cc4)oc3c2O)C(O)C(O)[C@H]1O. The van der Waals surface area contributed by atoms with Crippen molar-refractivity contribution < 1.29 is 44.9 Å². The third-order valence-corrected chi connectivity index (χ3v) is 6.43. The van der Waals surface area contributed by atoms with Gasteiger partial charge in [0.15, 0.2) is 17.1 Å². The van der Waals surface area contributed by atoms with Gasteiger partial charge in [0.2, 0.25) is 11.2 Å². The lowest BCUT2D eigenvalue weighted by Gasteiger charge is -2.38. The van der Waals surface area contributed by atoms with Crippen molar-refractivity contribution in [2.75, 3.05) is 0 Å². The summed E-state index contributed by atoms with van der Waals surface area (Å²) in [4.78, 5) is 12.6. The number of thioether (sulfide) groups is 1. The molecule has 10 nitrogen and oxygen atoms in total. The molecule has 0 aliphatic carbocycles. The average Bonchev–Trinajstić information content (AvgIpc) is 2.76. The average molecular weight is 464 g/mol. The lowest BCUT2D eigenvalue weighted by molar-refractivity contribution is -0.192. The van der Waals surface area contributed by atoms with Gasteiger partial charge in [-0.05, 0) is 37.3 Å². The molecule has 2 aromatic carbocycles. The molecule has 4 rings (SSSR count). The van der Waals surface area contributed by atoms with Crippen molar-refractivity contribution in [2.45, 2.75) is 41.7 Å². The fourth-order valence-electron chi connectivity index (χ4n) is 3.44. The van der Waals surface area contributed by atoms with E-state index in [1.807, 2.05) is 0 Å². The third-order valence-electron chi connectivity index (χ3n) is 5.24. The van der Waals surface area contributed by atoms with Crippen LogP contribution in [0.2, 0.25) is 0 Å². The Hall–Kier alpha value is -2.96. The summed E-state index contributed by atoms with van der Waals surface area (Å²) in [6.45, 7) is 1.50. The largest absolute Gasteiger partial charge is 0.508 e. The van der Waals surface area contributed by atoms with E-state index < -0.39 is 63.5 Å². The Morgan fingerprint density at radius 2 is 1.56 bits per heavy atom. The Bertz CT molecular complexity index is 1220. The number of aromatic hydroxyl groups is 4. The van der Waals surface area contributed by atoms with Gasteiger partial charge in [0.1, 0.15) is 40.6 Å². The Balaban J connectivity index is 1.82. The molecule has 1 saturated heterocycles. The fraction of sp³-hybridized carbons (Fsp3) is 0.286. The van der Waals surface area contributed by atoms with Crippen LogP contribution in [0.25, 0.3) is 22.3 Å². The van der Waals surface area contributed by atoms with Crippen molar-refractivity contribution in [1.82, 2.24) is 0 Å². The molecule has 32 heavy (non-hydrogen) atoms. The number of fused-ring (bicyclic) bond motifs is 1. The van der Waals surface area contributed by atoms with Gasteiger partial charge in [-0.25, -0.2) is 0 Å². The van der Waals surface area contributed by atoms with Gasteiger partial charge < -0.3 is 44.9 Å². The molecule has 0 spiro atoms. The zero-order valence-corrected chi connectivity index (χ0v) is 17.4. The van der Waals surface area contributed by atoms with E-state index in [0.29, 0.717) is 0 Å². The highest BCUT2D eigenvalue weighted by Gasteiger charge is 2.42. The molecular weight excluding hydrogens is 444 g/mol. The number of hydrogen-bond acceptors (Lipinski definition) is 11. The first-order chi connectivity index (χ1) is 15.1. The molecule has 5 atom stereocenters. The maximum atomic E-state index is 12.7. The molecule has 0 amide bonds. The van der Waals surface area contributed by atoms with Crippen LogP contribution in [0.4, 0.5) is 0 Å². The van der Waals surface area contributed by atoms with Crippen molar-refractivity contribution in [2.24, 2.45) is 0 Å². The maximum absolute atomic E-state index is 12.7. The summed E-state index contributed by atoms with van der Waals surface area (Å²) in [6.07, 6.45) is -5.14. The number of aliphatic hydroxyl groups excluding tert-OH is 3. The van der Waals surface area contributed by atoms with E-state index in [0.717, 1.165) is 17.8 Å². The molecule has 1 aromatic heterocycles. The van der Waals surface area contributed by atoms with E-state index in [1.54, 1.807) is 0 Å². The fourth-order valence-corrected chi connectivity index (χ4v) is 4.60. The van der Waals surface area contributed by atoms with Crippen LogP contribution in [0.3, 0.4) is 0 Å². The molecule has 0 saturated carbocycles. The second-order valence-electron chi connectivity index (χ2n) is 7.40. The summed E-state index contributed by atoms with van der Waals surface area (Å²) in [5.41, 5.74) is -2.29. The minimum Gasteiger partial charge on any atom is -0.508 e. The first kappa shape index (κ1) is 22.2. The van der Waals surface area contributed by atoms with E-state index in [2.05, 4.69) is 0 Å². The molecule has 0 bridgehead atoms. The number of benzene rings is 2. The van der Waals surface area contributed by atoms with Crippen molar-refractivity contribution in [1.29, 1.82) is 0 Å². The first-order valence-electron chi connectivity index (χ1n) is 9.50. The normalized spacial score (nSPS) is 25.8. The summed E-state index contributed by atoms with van der Waals surface area (Å²) < 4.78 is 11.1. The van der Waals surface area contributed by atoms with Gasteiger partial charge in [-0.15, -0.1) is 0 Å². The predicted molar refractivity (Wildman–Crippen MR) is 113 cm³/mol.